The highest BCUT2D eigenvalue weighted by atomic mass is 35.5. The Labute approximate surface area is 161 Å². The first kappa shape index (κ1) is 17.8. The maximum Gasteiger partial charge on any atom is 0.271 e. The number of amides is 1. The van der Waals surface area contributed by atoms with Crippen LogP contribution in [0.3, 0.4) is 0 Å². The molecule has 0 bridgehead atoms. The predicted octanol–water partition coefficient (Wildman–Crippen LogP) is 2.66. The molecule has 1 amide bonds. The number of aliphatic hydroxyl groups is 1. The summed E-state index contributed by atoms with van der Waals surface area (Å²) >= 11 is 6.20. The van der Waals surface area contributed by atoms with E-state index in [-0.39, 0.29) is 5.91 Å². The number of benzene rings is 1. The quantitative estimate of drug-likeness (QED) is 0.643. The minimum Gasteiger partial charge on any atom is -0.389 e. The summed E-state index contributed by atoms with van der Waals surface area (Å²) in [6.45, 7) is 0.980. The van der Waals surface area contributed by atoms with Gasteiger partial charge in [-0.3, -0.25) is 15.0 Å². The molecule has 7 nitrogen and oxygen atoms in total. The molecule has 0 aliphatic carbocycles. The molecule has 1 aromatic carbocycles. The summed E-state index contributed by atoms with van der Waals surface area (Å²) in [7, 11) is 0. The van der Waals surface area contributed by atoms with E-state index >= 15 is 0 Å². The number of H-pyrrole nitrogens is 2. The highest BCUT2D eigenvalue weighted by Gasteiger charge is 2.35. The number of nitrogens with one attached hydrogen (secondary N) is 2. The van der Waals surface area contributed by atoms with E-state index < -0.39 is 5.60 Å². The van der Waals surface area contributed by atoms with Gasteiger partial charge in [-0.1, -0.05) is 29.8 Å². The molecule has 8 heteroatoms. The van der Waals surface area contributed by atoms with Crippen molar-refractivity contribution in [1.82, 2.24) is 25.3 Å². The molecular formula is C19H20ClN5O2. The molecule has 1 saturated heterocycles. The van der Waals surface area contributed by atoms with Crippen molar-refractivity contribution in [3.63, 3.8) is 0 Å². The standard InChI is InChI=1S/C19H20ClN5O2/c20-15-4-2-1-3-14(15)16-11-17(24-23-16)18(26)25-9-6-19(27,7-10-25)12-13-5-8-21-22-13/h1-5,8,11,27H,6-7,9-10,12H2,(H,21,22)(H,23,24). The van der Waals surface area contributed by atoms with Crippen molar-refractivity contribution in [2.45, 2.75) is 24.9 Å². The fraction of sp³-hybridized carbons (Fsp3) is 0.316. The molecule has 0 atom stereocenters. The Morgan fingerprint density at radius 2 is 2.00 bits per heavy atom. The van der Waals surface area contributed by atoms with Crippen LogP contribution in [0.5, 0.6) is 0 Å². The number of hydrogen-bond donors (Lipinski definition) is 3. The smallest absolute Gasteiger partial charge is 0.271 e. The molecule has 3 heterocycles. The van der Waals surface area contributed by atoms with Gasteiger partial charge in [0, 0.05) is 37.0 Å². The number of nitrogens with zero attached hydrogens (tertiary/aromatic N) is 3. The van der Waals surface area contributed by atoms with Crippen molar-refractivity contribution in [2.24, 2.45) is 0 Å². The summed E-state index contributed by atoms with van der Waals surface area (Å²) < 4.78 is 0. The van der Waals surface area contributed by atoms with E-state index in [4.69, 9.17) is 11.6 Å². The Morgan fingerprint density at radius 3 is 2.70 bits per heavy atom. The fourth-order valence-electron chi connectivity index (χ4n) is 3.45. The van der Waals surface area contributed by atoms with Crippen molar-refractivity contribution >= 4 is 17.5 Å². The molecule has 27 heavy (non-hydrogen) atoms. The van der Waals surface area contributed by atoms with Crippen LogP contribution in [0, 0.1) is 0 Å². The van der Waals surface area contributed by atoms with Gasteiger partial charge in [-0.05, 0) is 31.0 Å². The summed E-state index contributed by atoms with van der Waals surface area (Å²) in [5.41, 5.74) is 1.91. The van der Waals surface area contributed by atoms with Crippen LogP contribution in [-0.2, 0) is 6.42 Å². The van der Waals surface area contributed by atoms with Crippen molar-refractivity contribution in [3.05, 3.63) is 59.0 Å². The minimum atomic E-state index is -0.819. The Bertz CT molecular complexity index is 929. The number of halogens is 1. The molecule has 0 spiro atoms. The first-order valence-electron chi connectivity index (χ1n) is 8.84. The van der Waals surface area contributed by atoms with Crippen LogP contribution in [0.2, 0.25) is 5.02 Å². The van der Waals surface area contributed by atoms with E-state index in [0.29, 0.717) is 48.8 Å². The monoisotopic (exact) mass is 385 g/mol. The Hall–Kier alpha value is -2.64. The largest absolute Gasteiger partial charge is 0.389 e. The molecule has 1 fully saturated rings. The molecule has 140 valence electrons. The number of carbonyl (C=O) groups excluding carboxylic acids is 1. The molecule has 0 unspecified atom stereocenters. The summed E-state index contributed by atoms with van der Waals surface area (Å²) in [4.78, 5) is 14.5. The maximum absolute atomic E-state index is 12.8. The third-order valence-electron chi connectivity index (χ3n) is 5.02. The van der Waals surface area contributed by atoms with Gasteiger partial charge in [-0.25, -0.2) is 0 Å². The topological polar surface area (TPSA) is 97.9 Å². The van der Waals surface area contributed by atoms with Crippen molar-refractivity contribution < 1.29 is 9.90 Å². The van der Waals surface area contributed by atoms with E-state index in [1.807, 2.05) is 24.3 Å². The second-order valence-electron chi connectivity index (χ2n) is 6.92. The molecule has 3 N–H and O–H groups in total. The highest BCUT2D eigenvalue weighted by Crippen LogP contribution is 2.28. The van der Waals surface area contributed by atoms with Gasteiger partial charge in [0.1, 0.15) is 5.69 Å². The summed E-state index contributed by atoms with van der Waals surface area (Å²) in [6.07, 6.45) is 3.22. The van der Waals surface area contributed by atoms with E-state index in [0.717, 1.165) is 11.3 Å². The van der Waals surface area contributed by atoms with Crippen molar-refractivity contribution in [2.75, 3.05) is 13.1 Å². The highest BCUT2D eigenvalue weighted by molar-refractivity contribution is 6.33. The van der Waals surface area contributed by atoms with Crippen LogP contribution in [-0.4, -0.2) is 55.0 Å². The number of piperidine rings is 1. The van der Waals surface area contributed by atoms with Gasteiger partial charge in [-0.15, -0.1) is 0 Å². The third kappa shape index (κ3) is 3.74. The molecule has 1 aliphatic heterocycles. The number of carbonyl (C=O) groups is 1. The van der Waals surface area contributed by atoms with Crippen LogP contribution >= 0.6 is 11.6 Å². The lowest BCUT2D eigenvalue weighted by molar-refractivity contribution is -0.0170. The summed E-state index contributed by atoms with van der Waals surface area (Å²) in [5, 5.41) is 25.2. The lowest BCUT2D eigenvalue weighted by Gasteiger charge is -2.37. The molecule has 2 aromatic heterocycles. The molecular weight excluding hydrogens is 366 g/mol. The van der Waals surface area contributed by atoms with Gasteiger partial charge in [-0.2, -0.15) is 10.2 Å². The Kier molecular flexibility index (Phi) is 4.72. The zero-order valence-electron chi connectivity index (χ0n) is 14.7. The van der Waals surface area contributed by atoms with Crippen molar-refractivity contribution in [1.29, 1.82) is 0 Å². The van der Waals surface area contributed by atoms with Crippen LogP contribution in [0.25, 0.3) is 11.3 Å². The second kappa shape index (κ2) is 7.17. The molecule has 1 aliphatic rings. The van der Waals surface area contributed by atoms with Gasteiger partial charge in [0.05, 0.1) is 16.3 Å². The normalized spacial score (nSPS) is 16.4. The molecule has 4 rings (SSSR count). The summed E-state index contributed by atoms with van der Waals surface area (Å²) in [6, 6.07) is 11.0. The van der Waals surface area contributed by atoms with Gasteiger partial charge < -0.3 is 10.0 Å². The Morgan fingerprint density at radius 1 is 1.22 bits per heavy atom. The number of hydrogen-bond acceptors (Lipinski definition) is 4. The van der Waals surface area contributed by atoms with Gasteiger partial charge >= 0.3 is 0 Å². The number of likely N-dealkylation sites (tertiary alicyclic amines) is 1. The number of aromatic nitrogens is 4. The molecule has 3 aromatic rings. The van der Waals surface area contributed by atoms with E-state index in [1.165, 1.54) is 0 Å². The number of aromatic amines is 2. The average molecular weight is 386 g/mol. The van der Waals surface area contributed by atoms with E-state index in [9.17, 15) is 9.90 Å². The van der Waals surface area contributed by atoms with Gasteiger partial charge in [0.15, 0.2) is 0 Å². The zero-order valence-corrected chi connectivity index (χ0v) is 15.4. The predicted molar refractivity (Wildman–Crippen MR) is 101 cm³/mol. The number of rotatable bonds is 4. The third-order valence-corrected chi connectivity index (χ3v) is 5.35. The SMILES string of the molecule is O=C(c1cc(-c2ccccc2Cl)n[nH]1)N1CCC(O)(Cc2ccn[nH]2)CC1. The van der Waals surface area contributed by atoms with Crippen LogP contribution in [0.4, 0.5) is 0 Å². The fourth-order valence-corrected chi connectivity index (χ4v) is 3.68. The van der Waals surface area contributed by atoms with Crippen LogP contribution in [0.15, 0.2) is 42.6 Å². The van der Waals surface area contributed by atoms with Gasteiger partial charge in [0.2, 0.25) is 0 Å². The Balaban J connectivity index is 1.42. The van der Waals surface area contributed by atoms with Crippen LogP contribution in [0.1, 0.15) is 29.0 Å². The average Bonchev–Trinajstić information content (AvgIpc) is 3.34. The van der Waals surface area contributed by atoms with Gasteiger partial charge in [0.25, 0.3) is 5.91 Å². The zero-order chi connectivity index (χ0) is 18.9. The van der Waals surface area contributed by atoms with Crippen LogP contribution < -0.4 is 0 Å². The van der Waals surface area contributed by atoms with E-state index in [1.54, 1.807) is 23.2 Å². The molecule has 0 radical (unpaired) electrons. The lowest BCUT2D eigenvalue weighted by atomic mass is 9.87. The molecule has 0 saturated carbocycles. The first-order chi connectivity index (χ1) is 13.0. The summed E-state index contributed by atoms with van der Waals surface area (Å²) in [5.74, 6) is -0.121. The first-order valence-corrected chi connectivity index (χ1v) is 9.22. The minimum absolute atomic E-state index is 0.121. The second-order valence-corrected chi connectivity index (χ2v) is 7.33. The lowest BCUT2D eigenvalue weighted by Crippen LogP contribution is -2.47. The maximum atomic E-state index is 12.8. The van der Waals surface area contributed by atoms with E-state index in [2.05, 4.69) is 20.4 Å². The van der Waals surface area contributed by atoms with Crippen molar-refractivity contribution in [3.8, 4) is 11.3 Å².